The Morgan fingerprint density at radius 3 is 2.35 bits per heavy atom. The summed E-state index contributed by atoms with van der Waals surface area (Å²) < 4.78 is 27.4. The normalized spacial score (nSPS) is 19.3. The van der Waals surface area contributed by atoms with Crippen molar-refractivity contribution in [3.63, 3.8) is 0 Å². The van der Waals surface area contributed by atoms with Gasteiger partial charge in [-0.2, -0.15) is 17.0 Å². The van der Waals surface area contributed by atoms with Gasteiger partial charge in [-0.3, -0.25) is 0 Å². The van der Waals surface area contributed by atoms with Crippen LogP contribution in [0.4, 0.5) is 0 Å². The van der Waals surface area contributed by atoms with Crippen LogP contribution in [-0.2, 0) is 16.8 Å². The first-order chi connectivity index (χ1) is 9.25. The molecular formula is C14H22N2O3S. The largest absolute Gasteiger partial charge is 0.387 e. The number of β-amino-alcohol motifs (C(OH)–C–C–N with tert-alkyl or cyclic N) is 1. The van der Waals surface area contributed by atoms with Crippen LogP contribution in [0.5, 0.6) is 0 Å². The van der Waals surface area contributed by atoms with Gasteiger partial charge in [-0.25, -0.2) is 0 Å². The van der Waals surface area contributed by atoms with Gasteiger partial charge < -0.3 is 5.11 Å². The molecule has 2 rings (SSSR count). The lowest BCUT2D eigenvalue weighted by Gasteiger charge is -2.48. The van der Waals surface area contributed by atoms with Gasteiger partial charge in [0.25, 0.3) is 10.2 Å². The molecule has 0 aromatic heterocycles. The molecule has 1 saturated heterocycles. The third kappa shape index (κ3) is 2.88. The molecular weight excluding hydrogens is 276 g/mol. The molecule has 0 atom stereocenters. The van der Waals surface area contributed by atoms with Crippen LogP contribution in [0, 0.1) is 5.92 Å². The molecule has 0 aliphatic carbocycles. The van der Waals surface area contributed by atoms with E-state index in [1.807, 2.05) is 44.2 Å². The van der Waals surface area contributed by atoms with Crippen molar-refractivity contribution in [2.45, 2.75) is 26.0 Å². The Labute approximate surface area is 121 Å². The van der Waals surface area contributed by atoms with E-state index in [4.69, 9.17) is 0 Å². The van der Waals surface area contributed by atoms with E-state index in [1.54, 1.807) is 7.05 Å². The van der Waals surface area contributed by atoms with Gasteiger partial charge in [-0.15, -0.1) is 0 Å². The quantitative estimate of drug-likeness (QED) is 0.884. The fourth-order valence-corrected chi connectivity index (χ4v) is 3.69. The highest BCUT2D eigenvalue weighted by molar-refractivity contribution is 7.86. The van der Waals surface area contributed by atoms with Crippen molar-refractivity contribution in [2.24, 2.45) is 5.92 Å². The minimum absolute atomic E-state index is 0.0494. The molecule has 20 heavy (non-hydrogen) atoms. The van der Waals surface area contributed by atoms with Crippen LogP contribution in [-0.4, -0.2) is 47.9 Å². The van der Waals surface area contributed by atoms with E-state index in [-0.39, 0.29) is 19.0 Å². The molecule has 0 saturated carbocycles. The first-order valence-corrected chi connectivity index (χ1v) is 8.13. The summed E-state index contributed by atoms with van der Waals surface area (Å²) in [5.41, 5.74) is 0.0546. The Kier molecular flexibility index (Phi) is 4.20. The predicted molar refractivity (Wildman–Crippen MR) is 78.2 cm³/mol. The minimum Gasteiger partial charge on any atom is -0.387 e. The maximum atomic E-state index is 12.4. The van der Waals surface area contributed by atoms with E-state index < -0.39 is 15.8 Å². The number of benzene rings is 1. The summed E-state index contributed by atoms with van der Waals surface area (Å²) in [7, 11) is -1.93. The van der Waals surface area contributed by atoms with Crippen LogP contribution in [0.25, 0.3) is 0 Å². The number of rotatable bonds is 5. The van der Waals surface area contributed by atoms with E-state index in [9.17, 15) is 13.5 Å². The van der Waals surface area contributed by atoms with Gasteiger partial charge in [-0.1, -0.05) is 44.2 Å². The molecule has 0 unspecified atom stereocenters. The van der Waals surface area contributed by atoms with Crippen molar-refractivity contribution in [2.75, 3.05) is 20.1 Å². The first-order valence-electron chi connectivity index (χ1n) is 6.73. The fraction of sp³-hybridized carbons (Fsp3) is 0.571. The number of hydrogen-bond donors (Lipinski definition) is 1. The van der Waals surface area contributed by atoms with Crippen molar-refractivity contribution in [1.82, 2.24) is 8.61 Å². The topological polar surface area (TPSA) is 60.9 Å². The second-order valence-electron chi connectivity index (χ2n) is 5.78. The van der Waals surface area contributed by atoms with Gasteiger partial charge in [0, 0.05) is 26.7 Å². The van der Waals surface area contributed by atoms with Crippen LogP contribution in [0.15, 0.2) is 30.3 Å². The highest BCUT2D eigenvalue weighted by Crippen LogP contribution is 2.31. The summed E-state index contributed by atoms with van der Waals surface area (Å²) in [6.45, 7) is 4.48. The number of hydrogen-bond acceptors (Lipinski definition) is 3. The van der Waals surface area contributed by atoms with Crippen molar-refractivity contribution >= 4 is 10.2 Å². The summed E-state index contributed by atoms with van der Waals surface area (Å²) in [5.74, 6) is 0.0494. The van der Waals surface area contributed by atoms with Gasteiger partial charge in [0.1, 0.15) is 0 Å². The summed E-state index contributed by atoms with van der Waals surface area (Å²) >= 11 is 0. The zero-order valence-corrected chi connectivity index (χ0v) is 13.0. The highest BCUT2D eigenvalue weighted by Gasteiger charge is 2.49. The Morgan fingerprint density at radius 2 is 1.85 bits per heavy atom. The molecule has 112 valence electrons. The smallest absolute Gasteiger partial charge is 0.282 e. The minimum atomic E-state index is -3.50. The zero-order chi connectivity index (χ0) is 15.0. The van der Waals surface area contributed by atoms with Gasteiger partial charge >= 0.3 is 0 Å². The average Bonchev–Trinajstić information content (AvgIpc) is 2.35. The molecule has 0 amide bonds. The van der Waals surface area contributed by atoms with Crippen LogP contribution < -0.4 is 0 Å². The van der Waals surface area contributed by atoms with E-state index in [0.717, 1.165) is 5.56 Å². The molecule has 0 bridgehead atoms. The van der Waals surface area contributed by atoms with Crippen molar-refractivity contribution in [3.05, 3.63) is 35.9 Å². The molecule has 0 radical (unpaired) electrons. The molecule has 1 aliphatic rings. The van der Waals surface area contributed by atoms with Gasteiger partial charge in [0.2, 0.25) is 0 Å². The second kappa shape index (κ2) is 5.44. The van der Waals surface area contributed by atoms with Crippen LogP contribution in [0.1, 0.15) is 19.4 Å². The Balaban J connectivity index is 2.02. The molecule has 1 fully saturated rings. The maximum Gasteiger partial charge on any atom is 0.282 e. The number of nitrogens with zero attached hydrogens (tertiary/aromatic N) is 2. The van der Waals surface area contributed by atoms with E-state index in [1.165, 1.54) is 8.61 Å². The maximum absolute atomic E-state index is 12.4. The first kappa shape index (κ1) is 15.4. The second-order valence-corrected chi connectivity index (χ2v) is 7.81. The summed E-state index contributed by atoms with van der Waals surface area (Å²) in [6.07, 6.45) is 0. The molecule has 5 nitrogen and oxygen atoms in total. The zero-order valence-electron chi connectivity index (χ0n) is 12.2. The Hall–Kier alpha value is -0.950. The highest BCUT2D eigenvalue weighted by atomic mass is 32.2. The van der Waals surface area contributed by atoms with E-state index in [0.29, 0.717) is 6.54 Å². The molecule has 6 heteroatoms. The molecule has 1 N–H and O–H groups in total. The molecule has 0 spiro atoms. The standard InChI is InChI=1S/C14H22N2O3S/c1-12(2)14(17)10-16(11-14)20(18,19)15(3)9-13-7-5-4-6-8-13/h4-8,12,17H,9-11H2,1-3H3. The summed E-state index contributed by atoms with van der Waals surface area (Å²) in [5, 5.41) is 10.2. The van der Waals surface area contributed by atoms with Crippen LogP contribution >= 0.6 is 0 Å². The van der Waals surface area contributed by atoms with Crippen LogP contribution in [0.3, 0.4) is 0 Å². The predicted octanol–water partition coefficient (Wildman–Crippen LogP) is 1.07. The van der Waals surface area contributed by atoms with E-state index in [2.05, 4.69) is 0 Å². The fourth-order valence-electron chi connectivity index (χ4n) is 2.21. The number of aliphatic hydroxyl groups is 1. The molecule has 1 aromatic carbocycles. The molecule has 1 aliphatic heterocycles. The Morgan fingerprint density at radius 1 is 1.30 bits per heavy atom. The SMILES string of the molecule is CC(C)C1(O)CN(S(=O)(=O)N(C)Cc2ccccc2)C1. The van der Waals surface area contributed by atoms with Crippen molar-refractivity contribution in [3.8, 4) is 0 Å². The monoisotopic (exact) mass is 298 g/mol. The summed E-state index contributed by atoms with van der Waals surface area (Å²) in [6, 6.07) is 9.46. The molecule has 1 aromatic rings. The Bertz CT molecular complexity index is 551. The van der Waals surface area contributed by atoms with Gasteiger partial charge in [0.05, 0.1) is 5.60 Å². The molecule has 1 heterocycles. The van der Waals surface area contributed by atoms with E-state index >= 15 is 0 Å². The van der Waals surface area contributed by atoms with Crippen molar-refractivity contribution in [1.29, 1.82) is 0 Å². The third-order valence-electron chi connectivity index (χ3n) is 3.94. The lowest BCUT2D eigenvalue weighted by molar-refractivity contribution is -0.0949. The average molecular weight is 298 g/mol. The third-order valence-corrected chi connectivity index (χ3v) is 5.77. The summed E-state index contributed by atoms with van der Waals surface area (Å²) in [4.78, 5) is 0. The van der Waals surface area contributed by atoms with Crippen molar-refractivity contribution < 1.29 is 13.5 Å². The van der Waals surface area contributed by atoms with Gasteiger partial charge in [0.15, 0.2) is 0 Å². The lowest BCUT2D eigenvalue weighted by Crippen LogP contribution is -2.67. The van der Waals surface area contributed by atoms with Crippen LogP contribution in [0.2, 0.25) is 0 Å². The van der Waals surface area contributed by atoms with Gasteiger partial charge in [-0.05, 0) is 11.5 Å². The lowest BCUT2D eigenvalue weighted by atomic mass is 9.85.